The minimum Gasteiger partial charge on any atom is -0.496 e. The zero-order valence-electron chi connectivity index (χ0n) is 8.77. The van der Waals surface area contributed by atoms with E-state index in [0.29, 0.717) is 5.82 Å². The zero-order chi connectivity index (χ0) is 10.8. The van der Waals surface area contributed by atoms with Gasteiger partial charge in [-0.3, -0.25) is 4.68 Å². The standard InChI is InChI=1S/C11H12N3O/c1-8-5-4-6-9(10(8)15-3)11-12-7-14(2)13-11/h4-7H,1H2,2-3H3. The minimum absolute atomic E-state index is 0.653. The molecular weight excluding hydrogens is 190 g/mol. The summed E-state index contributed by atoms with van der Waals surface area (Å²) in [4.78, 5) is 4.18. The summed E-state index contributed by atoms with van der Waals surface area (Å²) < 4.78 is 6.95. The number of para-hydroxylation sites is 1. The van der Waals surface area contributed by atoms with Gasteiger partial charge in [-0.25, -0.2) is 4.98 Å². The van der Waals surface area contributed by atoms with Crippen LogP contribution in [0, 0.1) is 6.92 Å². The second-order valence-corrected chi connectivity index (χ2v) is 3.24. The lowest BCUT2D eigenvalue weighted by molar-refractivity contribution is 0.414. The largest absolute Gasteiger partial charge is 0.496 e. The first kappa shape index (κ1) is 9.71. The number of benzene rings is 1. The van der Waals surface area contributed by atoms with E-state index in [1.165, 1.54) is 0 Å². The highest BCUT2D eigenvalue weighted by molar-refractivity contribution is 5.66. The molecule has 0 bridgehead atoms. The van der Waals surface area contributed by atoms with Crippen molar-refractivity contribution in [3.8, 4) is 17.1 Å². The molecule has 77 valence electrons. The first-order chi connectivity index (χ1) is 7.22. The van der Waals surface area contributed by atoms with Gasteiger partial charge in [0.1, 0.15) is 12.1 Å². The molecular formula is C11H12N3O. The molecule has 0 aliphatic carbocycles. The Bertz CT molecular complexity index is 476. The van der Waals surface area contributed by atoms with Gasteiger partial charge in [-0.15, -0.1) is 0 Å². The summed E-state index contributed by atoms with van der Waals surface area (Å²) in [6.45, 7) is 3.90. The number of aryl methyl sites for hydroxylation is 1. The van der Waals surface area contributed by atoms with Gasteiger partial charge in [0, 0.05) is 7.05 Å². The van der Waals surface area contributed by atoms with Crippen molar-refractivity contribution in [3.63, 3.8) is 0 Å². The van der Waals surface area contributed by atoms with Crippen LogP contribution in [0.1, 0.15) is 5.56 Å². The van der Waals surface area contributed by atoms with E-state index in [1.54, 1.807) is 18.1 Å². The van der Waals surface area contributed by atoms with Gasteiger partial charge < -0.3 is 4.74 Å². The molecule has 0 aliphatic heterocycles. The van der Waals surface area contributed by atoms with Crippen LogP contribution in [0.5, 0.6) is 5.75 Å². The quantitative estimate of drug-likeness (QED) is 0.743. The predicted molar refractivity (Wildman–Crippen MR) is 57.5 cm³/mol. The van der Waals surface area contributed by atoms with Crippen molar-refractivity contribution in [1.82, 2.24) is 14.8 Å². The van der Waals surface area contributed by atoms with Crippen LogP contribution in [0.2, 0.25) is 0 Å². The average Bonchev–Trinajstić information content (AvgIpc) is 2.64. The summed E-state index contributed by atoms with van der Waals surface area (Å²) in [6, 6.07) is 5.73. The molecule has 15 heavy (non-hydrogen) atoms. The molecule has 0 unspecified atom stereocenters. The van der Waals surface area contributed by atoms with Crippen molar-refractivity contribution < 1.29 is 4.74 Å². The minimum atomic E-state index is 0.653. The molecule has 0 saturated heterocycles. The second kappa shape index (κ2) is 3.73. The topological polar surface area (TPSA) is 39.9 Å². The lowest BCUT2D eigenvalue weighted by atomic mass is 10.1. The Morgan fingerprint density at radius 1 is 1.40 bits per heavy atom. The van der Waals surface area contributed by atoms with Gasteiger partial charge in [0.15, 0.2) is 5.82 Å². The number of hydrogen-bond donors (Lipinski definition) is 0. The molecule has 0 fully saturated rings. The summed E-state index contributed by atoms with van der Waals surface area (Å²) in [7, 11) is 3.45. The van der Waals surface area contributed by atoms with Gasteiger partial charge in [0.25, 0.3) is 0 Å². The summed E-state index contributed by atoms with van der Waals surface area (Å²) in [5.74, 6) is 1.38. The van der Waals surface area contributed by atoms with E-state index in [2.05, 4.69) is 17.0 Å². The Morgan fingerprint density at radius 2 is 2.20 bits per heavy atom. The predicted octanol–water partition coefficient (Wildman–Crippen LogP) is 1.67. The monoisotopic (exact) mass is 202 g/mol. The molecule has 0 atom stereocenters. The molecule has 4 heteroatoms. The lowest BCUT2D eigenvalue weighted by Gasteiger charge is -2.07. The number of rotatable bonds is 2. The molecule has 0 aliphatic rings. The van der Waals surface area contributed by atoms with E-state index in [9.17, 15) is 0 Å². The SMILES string of the molecule is [CH2]c1cccc(-c2ncn(C)n2)c1OC. The molecule has 1 aromatic heterocycles. The molecule has 0 amide bonds. The Morgan fingerprint density at radius 3 is 2.80 bits per heavy atom. The molecule has 1 heterocycles. The maximum Gasteiger partial charge on any atom is 0.184 e. The number of methoxy groups -OCH3 is 1. The Labute approximate surface area is 88.5 Å². The van der Waals surface area contributed by atoms with E-state index in [1.807, 2.05) is 25.2 Å². The number of nitrogens with zero attached hydrogens (tertiary/aromatic N) is 3. The van der Waals surface area contributed by atoms with Crippen LogP contribution in [0.15, 0.2) is 24.5 Å². The van der Waals surface area contributed by atoms with Crippen molar-refractivity contribution in [2.45, 2.75) is 0 Å². The average molecular weight is 202 g/mol. The smallest absolute Gasteiger partial charge is 0.184 e. The highest BCUT2D eigenvalue weighted by Crippen LogP contribution is 2.29. The number of aromatic nitrogens is 3. The van der Waals surface area contributed by atoms with E-state index in [-0.39, 0.29) is 0 Å². The Hall–Kier alpha value is -1.84. The maximum atomic E-state index is 5.29. The van der Waals surface area contributed by atoms with Crippen molar-refractivity contribution >= 4 is 0 Å². The van der Waals surface area contributed by atoms with E-state index >= 15 is 0 Å². The van der Waals surface area contributed by atoms with Crippen molar-refractivity contribution in [2.24, 2.45) is 7.05 Å². The molecule has 1 radical (unpaired) electrons. The summed E-state index contributed by atoms with van der Waals surface area (Å²) >= 11 is 0. The van der Waals surface area contributed by atoms with Gasteiger partial charge in [0.2, 0.25) is 0 Å². The van der Waals surface area contributed by atoms with Crippen LogP contribution in [-0.4, -0.2) is 21.9 Å². The number of ether oxygens (including phenoxy) is 1. The Balaban J connectivity index is 2.57. The van der Waals surface area contributed by atoms with Crippen molar-refractivity contribution in [2.75, 3.05) is 7.11 Å². The van der Waals surface area contributed by atoms with E-state index in [4.69, 9.17) is 4.74 Å². The van der Waals surface area contributed by atoms with Crippen LogP contribution in [0.4, 0.5) is 0 Å². The Kier molecular flexibility index (Phi) is 2.41. The molecule has 0 spiro atoms. The fourth-order valence-electron chi connectivity index (χ4n) is 1.46. The first-order valence-corrected chi connectivity index (χ1v) is 4.57. The van der Waals surface area contributed by atoms with E-state index in [0.717, 1.165) is 16.9 Å². The van der Waals surface area contributed by atoms with Crippen LogP contribution in [0.3, 0.4) is 0 Å². The zero-order valence-corrected chi connectivity index (χ0v) is 8.77. The third kappa shape index (κ3) is 1.70. The highest BCUT2D eigenvalue weighted by Gasteiger charge is 2.11. The molecule has 0 saturated carbocycles. The fourth-order valence-corrected chi connectivity index (χ4v) is 1.46. The normalized spacial score (nSPS) is 10.3. The lowest BCUT2D eigenvalue weighted by Crippen LogP contribution is -1.93. The molecule has 2 rings (SSSR count). The first-order valence-electron chi connectivity index (χ1n) is 4.57. The van der Waals surface area contributed by atoms with Gasteiger partial charge >= 0.3 is 0 Å². The summed E-state index contributed by atoms with van der Waals surface area (Å²) in [6.07, 6.45) is 1.66. The maximum absolute atomic E-state index is 5.29. The van der Waals surface area contributed by atoms with Crippen LogP contribution in [0.25, 0.3) is 11.4 Å². The van der Waals surface area contributed by atoms with Crippen molar-refractivity contribution in [1.29, 1.82) is 0 Å². The summed E-state index contributed by atoms with van der Waals surface area (Å²) in [5, 5.41) is 4.23. The summed E-state index contributed by atoms with van der Waals surface area (Å²) in [5.41, 5.74) is 1.70. The number of hydrogen-bond acceptors (Lipinski definition) is 3. The van der Waals surface area contributed by atoms with E-state index < -0.39 is 0 Å². The third-order valence-electron chi connectivity index (χ3n) is 2.14. The van der Waals surface area contributed by atoms with Gasteiger partial charge in [-0.05, 0) is 18.6 Å². The van der Waals surface area contributed by atoms with Gasteiger partial charge in [0.05, 0.1) is 12.7 Å². The third-order valence-corrected chi connectivity index (χ3v) is 2.14. The molecule has 4 nitrogen and oxygen atoms in total. The van der Waals surface area contributed by atoms with Gasteiger partial charge in [-0.2, -0.15) is 5.10 Å². The van der Waals surface area contributed by atoms with Crippen LogP contribution in [-0.2, 0) is 7.05 Å². The molecule has 0 N–H and O–H groups in total. The fraction of sp³-hybridized carbons (Fsp3) is 0.182. The van der Waals surface area contributed by atoms with Crippen LogP contribution < -0.4 is 4.74 Å². The highest BCUT2D eigenvalue weighted by atomic mass is 16.5. The van der Waals surface area contributed by atoms with Gasteiger partial charge in [-0.1, -0.05) is 12.1 Å². The van der Waals surface area contributed by atoms with Crippen LogP contribution >= 0.6 is 0 Å². The molecule has 1 aromatic carbocycles. The van der Waals surface area contributed by atoms with Crippen molar-refractivity contribution in [3.05, 3.63) is 37.0 Å². The molecule has 2 aromatic rings. The second-order valence-electron chi connectivity index (χ2n) is 3.24.